The van der Waals surface area contributed by atoms with Crippen LogP contribution in [0.4, 0.5) is 17.6 Å². The lowest BCUT2D eigenvalue weighted by Gasteiger charge is -2.17. The average molecular weight is 328 g/mol. The second-order valence-electron chi connectivity index (χ2n) is 4.23. The van der Waals surface area contributed by atoms with Crippen molar-refractivity contribution in [1.82, 2.24) is 4.90 Å². The summed E-state index contributed by atoms with van der Waals surface area (Å²) in [6.07, 6.45) is -0.0914. The maximum atomic E-state index is 13.6. The molecule has 0 aliphatic carbocycles. The minimum absolute atomic E-state index is 0.234. The normalized spacial score (nSPS) is 20.7. The molecule has 0 radical (unpaired) electrons. The van der Waals surface area contributed by atoms with Crippen LogP contribution in [0, 0.1) is 23.3 Å². The summed E-state index contributed by atoms with van der Waals surface area (Å²) in [5, 5.41) is 9.28. The molecule has 1 aliphatic heterocycles. The lowest BCUT2D eigenvalue weighted by molar-refractivity contribution is 0.173. The predicted molar refractivity (Wildman–Crippen MR) is 59.9 cm³/mol. The second-order valence-corrected chi connectivity index (χ2v) is 5.02. The highest BCUT2D eigenvalue weighted by Gasteiger charge is 2.27. The molecule has 0 bridgehead atoms. The van der Waals surface area contributed by atoms with E-state index in [0.29, 0.717) is 13.0 Å². The van der Waals surface area contributed by atoms with E-state index in [-0.39, 0.29) is 13.1 Å². The molecule has 1 fully saturated rings. The van der Waals surface area contributed by atoms with E-state index >= 15 is 0 Å². The first-order valence-corrected chi connectivity index (χ1v) is 6.11. The van der Waals surface area contributed by atoms with Crippen LogP contribution in [0.2, 0.25) is 0 Å². The van der Waals surface area contributed by atoms with Crippen molar-refractivity contribution in [3.63, 3.8) is 0 Å². The zero-order valence-electron chi connectivity index (χ0n) is 9.19. The van der Waals surface area contributed by atoms with Gasteiger partial charge in [-0.05, 0) is 22.4 Å². The van der Waals surface area contributed by atoms with Gasteiger partial charge < -0.3 is 5.11 Å². The van der Waals surface area contributed by atoms with E-state index in [0.717, 1.165) is 0 Å². The first-order chi connectivity index (χ1) is 8.41. The largest absolute Gasteiger partial charge is 0.392 e. The zero-order chi connectivity index (χ0) is 13.4. The third kappa shape index (κ3) is 2.39. The number of likely N-dealkylation sites (tertiary alicyclic amines) is 1. The van der Waals surface area contributed by atoms with E-state index in [9.17, 15) is 22.7 Å². The molecule has 2 rings (SSSR count). The number of hydrogen-bond acceptors (Lipinski definition) is 2. The number of β-amino-alcohol motifs (C(OH)–C–C–N with tert-alkyl or cyclic N) is 1. The molecule has 7 heteroatoms. The molecule has 1 atom stereocenters. The lowest BCUT2D eigenvalue weighted by Crippen LogP contribution is -2.23. The van der Waals surface area contributed by atoms with Gasteiger partial charge in [-0.2, -0.15) is 0 Å². The van der Waals surface area contributed by atoms with Crippen molar-refractivity contribution in [2.24, 2.45) is 0 Å². The third-order valence-corrected chi connectivity index (χ3v) is 3.63. The van der Waals surface area contributed by atoms with E-state index in [4.69, 9.17) is 0 Å². The van der Waals surface area contributed by atoms with Gasteiger partial charge in [-0.25, -0.2) is 17.6 Å². The SMILES string of the molecule is O[C@@H]1CCN(Cc2c(F)c(F)c(Br)c(F)c2F)C1. The van der Waals surface area contributed by atoms with Gasteiger partial charge >= 0.3 is 0 Å². The van der Waals surface area contributed by atoms with Crippen LogP contribution in [0.25, 0.3) is 0 Å². The van der Waals surface area contributed by atoms with Gasteiger partial charge in [0.05, 0.1) is 10.6 Å². The molecule has 1 aliphatic rings. The van der Waals surface area contributed by atoms with Crippen LogP contribution in [0.1, 0.15) is 12.0 Å². The summed E-state index contributed by atoms with van der Waals surface area (Å²) in [4.78, 5) is 1.54. The Bertz CT molecular complexity index is 454. The molecular formula is C11H10BrF4NO. The van der Waals surface area contributed by atoms with E-state index in [1.165, 1.54) is 0 Å². The molecule has 18 heavy (non-hydrogen) atoms. The quantitative estimate of drug-likeness (QED) is 0.512. The highest BCUT2D eigenvalue weighted by Crippen LogP contribution is 2.29. The summed E-state index contributed by atoms with van der Waals surface area (Å²) in [6.45, 7) is 0.396. The van der Waals surface area contributed by atoms with Crippen LogP contribution in [0.15, 0.2) is 4.47 Å². The number of nitrogens with zero attached hydrogens (tertiary/aromatic N) is 1. The van der Waals surface area contributed by atoms with E-state index in [1.54, 1.807) is 4.90 Å². The Kier molecular flexibility index (Phi) is 3.93. The maximum absolute atomic E-state index is 13.6. The van der Waals surface area contributed by atoms with Gasteiger partial charge in [0.15, 0.2) is 23.3 Å². The number of hydrogen-bond donors (Lipinski definition) is 1. The molecule has 0 amide bonds. The summed E-state index contributed by atoms with van der Waals surface area (Å²) in [5.41, 5.74) is -0.651. The van der Waals surface area contributed by atoms with Crippen molar-refractivity contribution < 1.29 is 22.7 Å². The van der Waals surface area contributed by atoms with Gasteiger partial charge in [0, 0.05) is 25.2 Å². The van der Waals surface area contributed by atoms with E-state index < -0.39 is 39.4 Å². The Balaban J connectivity index is 2.33. The smallest absolute Gasteiger partial charge is 0.176 e. The Labute approximate surface area is 109 Å². The Morgan fingerprint density at radius 3 is 2.11 bits per heavy atom. The molecule has 2 nitrogen and oxygen atoms in total. The van der Waals surface area contributed by atoms with Crippen molar-refractivity contribution in [1.29, 1.82) is 0 Å². The zero-order valence-corrected chi connectivity index (χ0v) is 10.8. The molecule has 0 unspecified atom stereocenters. The number of halogens is 5. The van der Waals surface area contributed by atoms with Crippen LogP contribution in [0.3, 0.4) is 0 Å². The molecular weight excluding hydrogens is 318 g/mol. The van der Waals surface area contributed by atoms with Crippen LogP contribution in [0.5, 0.6) is 0 Å². The molecule has 0 aromatic heterocycles. The Hall–Kier alpha value is -0.660. The van der Waals surface area contributed by atoms with E-state index in [2.05, 4.69) is 15.9 Å². The molecule has 1 aromatic carbocycles. The Morgan fingerprint density at radius 1 is 1.11 bits per heavy atom. The summed E-state index contributed by atoms with van der Waals surface area (Å²) >= 11 is 2.45. The minimum Gasteiger partial charge on any atom is -0.392 e. The number of rotatable bonds is 2. The van der Waals surface area contributed by atoms with Crippen molar-refractivity contribution in [3.8, 4) is 0 Å². The molecule has 100 valence electrons. The van der Waals surface area contributed by atoms with Gasteiger partial charge in [-0.1, -0.05) is 0 Å². The van der Waals surface area contributed by atoms with Crippen LogP contribution >= 0.6 is 15.9 Å². The fraction of sp³-hybridized carbons (Fsp3) is 0.455. The third-order valence-electron chi connectivity index (χ3n) is 2.93. The molecule has 0 saturated carbocycles. The summed E-state index contributed by atoms with van der Waals surface area (Å²) in [5.74, 6) is -5.68. The molecule has 1 saturated heterocycles. The number of benzene rings is 1. The van der Waals surface area contributed by atoms with Gasteiger partial charge in [0.1, 0.15) is 0 Å². The molecule has 1 N–H and O–H groups in total. The summed E-state index contributed by atoms with van der Waals surface area (Å²) in [6, 6.07) is 0. The number of aliphatic hydroxyl groups excluding tert-OH is 1. The first kappa shape index (κ1) is 13.8. The average Bonchev–Trinajstić information content (AvgIpc) is 2.75. The highest BCUT2D eigenvalue weighted by atomic mass is 79.9. The van der Waals surface area contributed by atoms with Gasteiger partial charge in [0.25, 0.3) is 0 Å². The topological polar surface area (TPSA) is 23.5 Å². The maximum Gasteiger partial charge on any atom is 0.176 e. The monoisotopic (exact) mass is 327 g/mol. The van der Waals surface area contributed by atoms with Crippen molar-refractivity contribution >= 4 is 15.9 Å². The lowest BCUT2D eigenvalue weighted by atomic mass is 10.1. The minimum atomic E-state index is -1.44. The summed E-state index contributed by atoms with van der Waals surface area (Å²) < 4.78 is 52.8. The number of aliphatic hydroxyl groups is 1. The highest BCUT2D eigenvalue weighted by molar-refractivity contribution is 9.10. The standard InChI is InChI=1S/C11H10BrF4NO/c12-7-10(15)8(13)6(9(14)11(7)16)4-17-2-1-5(18)3-17/h5,18H,1-4H2/t5-/m1/s1. The van der Waals surface area contributed by atoms with Gasteiger partial charge in [-0.15, -0.1) is 0 Å². The van der Waals surface area contributed by atoms with Gasteiger partial charge in [0.2, 0.25) is 0 Å². The molecule has 1 aromatic rings. The molecule has 1 heterocycles. The van der Waals surface area contributed by atoms with Crippen molar-refractivity contribution in [3.05, 3.63) is 33.3 Å². The van der Waals surface area contributed by atoms with E-state index in [1.807, 2.05) is 0 Å². The van der Waals surface area contributed by atoms with Crippen molar-refractivity contribution in [2.45, 2.75) is 19.1 Å². The second kappa shape index (κ2) is 5.14. The van der Waals surface area contributed by atoms with Crippen LogP contribution in [-0.4, -0.2) is 29.2 Å². The fourth-order valence-electron chi connectivity index (χ4n) is 1.97. The molecule has 0 spiro atoms. The Morgan fingerprint density at radius 2 is 1.67 bits per heavy atom. The van der Waals surface area contributed by atoms with Crippen molar-refractivity contribution in [2.75, 3.05) is 13.1 Å². The fourth-order valence-corrected chi connectivity index (χ4v) is 2.32. The summed E-state index contributed by atoms with van der Waals surface area (Å²) in [7, 11) is 0. The van der Waals surface area contributed by atoms with Gasteiger partial charge in [-0.3, -0.25) is 4.90 Å². The van der Waals surface area contributed by atoms with Crippen LogP contribution < -0.4 is 0 Å². The van der Waals surface area contributed by atoms with Crippen LogP contribution in [-0.2, 0) is 6.54 Å². The predicted octanol–water partition coefficient (Wildman–Crippen LogP) is 2.57. The first-order valence-electron chi connectivity index (χ1n) is 5.32.